The number of hydrogen-bond donors (Lipinski definition) is 0. The minimum Gasteiger partial charge on any atom is -0.486 e. The largest absolute Gasteiger partial charge is 0.486 e. The summed E-state index contributed by atoms with van der Waals surface area (Å²) in [5.74, 6) is 0.902. The van der Waals surface area contributed by atoms with Crippen LogP contribution in [0, 0.1) is 0 Å². The van der Waals surface area contributed by atoms with Crippen molar-refractivity contribution in [2.45, 2.75) is 32.8 Å². The van der Waals surface area contributed by atoms with Gasteiger partial charge in [0.05, 0.1) is 27.2 Å². The summed E-state index contributed by atoms with van der Waals surface area (Å²) in [6, 6.07) is 16.1. The first-order valence-corrected chi connectivity index (χ1v) is 12.6. The number of ether oxygens (including phenoxy) is 1. The summed E-state index contributed by atoms with van der Waals surface area (Å²) < 4.78 is 7.94. The number of halogens is 4. The molecule has 0 unspecified atom stereocenters. The van der Waals surface area contributed by atoms with Gasteiger partial charge >= 0.3 is 0 Å². The standard InChI is InChI=1S/C26H21BrCl3N3O2/c1-26(2,3)25-32-22-9-6-17(27)12-19(22)24(34)33(25)31-13-16-10-20(29)23(21(30)11-16)35-14-15-4-7-18(28)8-5-15/h4-13H,14H2,1-3H3. The van der Waals surface area contributed by atoms with Crippen LogP contribution in [0.25, 0.3) is 10.9 Å². The molecule has 0 amide bonds. The second-order valence-electron chi connectivity index (χ2n) is 8.94. The Balaban J connectivity index is 1.68. The van der Waals surface area contributed by atoms with Gasteiger partial charge in [-0.05, 0) is 53.6 Å². The van der Waals surface area contributed by atoms with Crippen LogP contribution < -0.4 is 10.3 Å². The summed E-state index contributed by atoms with van der Waals surface area (Å²) >= 11 is 22.3. The molecule has 5 nitrogen and oxygen atoms in total. The third-order valence-corrected chi connectivity index (χ3v) is 6.43. The first-order valence-electron chi connectivity index (χ1n) is 10.7. The molecule has 0 N–H and O–H groups in total. The van der Waals surface area contributed by atoms with E-state index in [1.54, 1.807) is 30.3 Å². The molecular formula is C26H21BrCl3N3O2. The van der Waals surface area contributed by atoms with Crippen LogP contribution in [-0.2, 0) is 12.0 Å². The van der Waals surface area contributed by atoms with Crippen molar-refractivity contribution in [2.75, 3.05) is 0 Å². The predicted octanol–water partition coefficient (Wildman–Crippen LogP) is 7.88. The summed E-state index contributed by atoms with van der Waals surface area (Å²) in [4.78, 5) is 18.0. The van der Waals surface area contributed by atoms with Crippen molar-refractivity contribution in [3.8, 4) is 5.75 Å². The summed E-state index contributed by atoms with van der Waals surface area (Å²) in [6.45, 7) is 6.22. The topological polar surface area (TPSA) is 56.5 Å². The molecule has 35 heavy (non-hydrogen) atoms. The van der Waals surface area contributed by atoms with Crippen molar-refractivity contribution in [1.82, 2.24) is 9.66 Å². The van der Waals surface area contributed by atoms with Crippen molar-refractivity contribution < 1.29 is 4.74 Å². The van der Waals surface area contributed by atoms with E-state index in [9.17, 15) is 4.79 Å². The summed E-state index contributed by atoms with van der Waals surface area (Å²) in [6.07, 6.45) is 1.53. The molecule has 9 heteroatoms. The van der Waals surface area contributed by atoms with E-state index in [0.29, 0.717) is 43.1 Å². The highest BCUT2D eigenvalue weighted by atomic mass is 79.9. The van der Waals surface area contributed by atoms with Crippen LogP contribution in [0.5, 0.6) is 5.75 Å². The third-order valence-electron chi connectivity index (χ3n) is 5.12. The molecule has 180 valence electrons. The van der Waals surface area contributed by atoms with Gasteiger partial charge in [-0.3, -0.25) is 4.79 Å². The highest BCUT2D eigenvalue weighted by Crippen LogP contribution is 2.34. The monoisotopic (exact) mass is 591 g/mol. The van der Waals surface area contributed by atoms with E-state index < -0.39 is 5.41 Å². The lowest BCUT2D eigenvalue weighted by atomic mass is 9.95. The van der Waals surface area contributed by atoms with Crippen LogP contribution in [0.15, 0.2) is 69.0 Å². The van der Waals surface area contributed by atoms with Gasteiger partial charge in [-0.1, -0.05) is 83.6 Å². The molecule has 0 aliphatic rings. The molecule has 1 aromatic heterocycles. The molecule has 0 atom stereocenters. The van der Waals surface area contributed by atoms with Crippen LogP contribution in [0.4, 0.5) is 0 Å². The highest BCUT2D eigenvalue weighted by molar-refractivity contribution is 9.10. The summed E-state index contributed by atoms with van der Waals surface area (Å²) in [5.41, 5.74) is 1.46. The van der Waals surface area contributed by atoms with Crippen LogP contribution in [0.3, 0.4) is 0 Å². The quantitative estimate of drug-likeness (QED) is 0.221. The number of rotatable bonds is 5. The fraction of sp³-hybridized carbons (Fsp3) is 0.192. The number of aromatic nitrogens is 2. The van der Waals surface area contributed by atoms with E-state index in [4.69, 9.17) is 44.5 Å². The van der Waals surface area contributed by atoms with Gasteiger partial charge in [-0.15, -0.1) is 0 Å². The van der Waals surface area contributed by atoms with E-state index in [0.717, 1.165) is 10.0 Å². The number of nitrogens with zero attached hydrogens (tertiary/aromatic N) is 3. The van der Waals surface area contributed by atoms with Crippen molar-refractivity contribution in [2.24, 2.45) is 5.10 Å². The number of hydrogen-bond acceptors (Lipinski definition) is 4. The summed E-state index contributed by atoms with van der Waals surface area (Å²) in [7, 11) is 0. The zero-order valence-corrected chi connectivity index (χ0v) is 23.0. The molecule has 0 spiro atoms. The molecule has 0 saturated carbocycles. The van der Waals surface area contributed by atoms with Gasteiger partial charge in [0.1, 0.15) is 12.4 Å². The Bertz CT molecular complexity index is 1470. The lowest BCUT2D eigenvalue weighted by Gasteiger charge is -2.20. The molecular weight excluding hydrogens is 573 g/mol. The highest BCUT2D eigenvalue weighted by Gasteiger charge is 2.23. The Morgan fingerprint density at radius 2 is 1.69 bits per heavy atom. The zero-order valence-electron chi connectivity index (χ0n) is 19.2. The second kappa shape index (κ2) is 10.3. The molecule has 1 heterocycles. The van der Waals surface area contributed by atoms with Gasteiger partial charge in [0.25, 0.3) is 5.56 Å². The molecule has 0 aliphatic carbocycles. The maximum absolute atomic E-state index is 13.3. The van der Waals surface area contributed by atoms with E-state index in [-0.39, 0.29) is 12.2 Å². The average molecular weight is 594 g/mol. The van der Waals surface area contributed by atoms with E-state index in [1.165, 1.54) is 10.9 Å². The summed E-state index contributed by atoms with van der Waals surface area (Å²) in [5, 5.41) is 6.24. The molecule has 3 aromatic carbocycles. The van der Waals surface area contributed by atoms with Gasteiger partial charge in [0.15, 0.2) is 5.75 Å². The maximum atomic E-state index is 13.3. The lowest BCUT2D eigenvalue weighted by Crippen LogP contribution is -2.29. The van der Waals surface area contributed by atoms with Crippen LogP contribution in [-0.4, -0.2) is 15.9 Å². The Morgan fingerprint density at radius 1 is 1.03 bits per heavy atom. The van der Waals surface area contributed by atoms with Crippen molar-refractivity contribution in [3.63, 3.8) is 0 Å². The van der Waals surface area contributed by atoms with Gasteiger partial charge in [-0.2, -0.15) is 9.78 Å². The molecule has 4 aromatic rings. The van der Waals surface area contributed by atoms with Gasteiger partial charge in [0, 0.05) is 14.9 Å². The van der Waals surface area contributed by atoms with Crippen molar-refractivity contribution >= 4 is 67.9 Å². The molecule has 0 radical (unpaired) electrons. The van der Waals surface area contributed by atoms with Crippen molar-refractivity contribution in [1.29, 1.82) is 0 Å². The smallest absolute Gasteiger partial charge is 0.282 e. The first kappa shape index (κ1) is 25.7. The van der Waals surface area contributed by atoms with Crippen LogP contribution in [0.1, 0.15) is 37.7 Å². The SMILES string of the molecule is CC(C)(C)c1nc2ccc(Br)cc2c(=O)n1N=Cc1cc(Cl)c(OCc2ccc(Cl)cc2)c(Cl)c1. The zero-order chi connectivity index (χ0) is 25.3. The van der Waals surface area contributed by atoms with Gasteiger partial charge in [0.2, 0.25) is 0 Å². The average Bonchev–Trinajstić information content (AvgIpc) is 2.78. The van der Waals surface area contributed by atoms with E-state index >= 15 is 0 Å². The minimum atomic E-state index is -0.424. The van der Waals surface area contributed by atoms with Crippen LogP contribution in [0.2, 0.25) is 15.1 Å². The van der Waals surface area contributed by atoms with Crippen molar-refractivity contribution in [3.05, 3.63) is 101 Å². The Kier molecular flexibility index (Phi) is 7.57. The third kappa shape index (κ3) is 5.89. The molecule has 0 fully saturated rings. The number of benzene rings is 3. The fourth-order valence-electron chi connectivity index (χ4n) is 3.39. The molecule has 0 saturated heterocycles. The molecule has 0 bridgehead atoms. The normalized spacial score (nSPS) is 12.0. The second-order valence-corrected chi connectivity index (χ2v) is 11.1. The fourth-order valence-corrected chi connectivity index (χ4v) is 4.49. The number of fused-ring (bicyclic) bond motifs is 1. The maximum Gasteiger partial charge on any atom is 0.282 e. The van der Waals surface area contributed by atoms with Gasteiger partial charge in [-0.25, -0.2) is 4.98 Å². The predicted molar refractivity (Wildman–Crippen MR) is 148 cm³/mol. The lowest BCUT2D eigenvalue weighted by molar-refractivity contribution is 0.306. The Morgan fingerprint density at radius 3 is 2.31 bits per heavy atom. The van der Waals surface area contributed by atoms with Crippen LogP contribution >= 0.6 is 50.7 Å². The Labute approximate surface area is 226 Å². The minimum absolute atomic E-state index is 0.266. The van der Waals surface area contributed by atoms with E-state index in [2.05, 4.69) is 21.0 Å². The molecule has 0 aliphatic heterocycles. The van der Waals surface area contributed by atoms with E-state index in [1.807, 2.05) is 45.0 Å². The Hall–Kier alpha value is -2.38. The first-order chi connectivity index (χ1) is 16.5. The van der Waals surface area contributed by atoms with Gasteiger partial charge < -0.3 is 4.74 Å². The molecule has 4 rings (SSSR count).